The van der Waals surface area contributed by atoms with E-state index >= 15 is 0 Å². The van der Waals surface area contributed by atoms with Gasteiger partial charge in [0.05, 0.1) is 5.02 Å². The zero-order valence-corrected chi connectivity index (χ0v) is 20.6. The van der Waals surface area contributed by atoms with Gasteiger partial charge in [-0.25, -0.2) is 14.2 Å². The van der Waals surface area contributed by atoms with Crippen LogP contribution in [0.1, 0.15) is 5.56 Å². The summed E-state index contributed by atoms with van der Waals surface area (Å²) in [5, 5.41) is 11.3. The molecule has 1 heterocycles. The summed E-state index contributed by atoms with van der Waals surface area (Å²) in [7, 11) is 0. The van der Waals surface area contributed by atoms with Crippen molar-refractivity contribution in [1.29, 1.82) is 0 Å². The van der Waals surface area contributed by atoms with Crippen LogP contribution in [-0.4, -0.2) is 21.9 Å². The molecule has 0 spiro atoms. The largest absolute Gasteiger partial charge is 0.487 e. The van der Waals surface area contributed by atoms with Crippen LogP contribution >= 0.6 is 11.6 Å². The first-order valence-electron chi connectivity index (χ1n) is 11.3. The van der Waals surface area contributed by atoms with Crippen molar-refractivity contribution < 1.29 is 18.7 Å². The molecule has 4 rings (SSSR count). The third-order valence-corrected chi connectivity index (χ3v) is 5.24. The van der Waals surface area contributed by atoms with Crippen LogP contribution < -0.4 is 26.0 Å². The second kappa shape index (κ2) is 12.3. The van der Waals surface area contributed by atoms with Crippen LogP contribution in [0.2, 0.25) is 5.02 Å². The van der Waals surface area contributed by atoms with Crippen LogP contribution in [0.5, 0.6) is 5.75 Å². The van der Waals surface area contributed by atoms with Gasteiger partial charge < -0.3 is 20.7 Å². The van der Waals surface area contributed by atoms with Crippen LogP contribution in [0.15, 0.2) is 91.6 Å². The molecule has 192 valence electrons. The number of halogens is 2. The van der Waals surface area contributed by atoms with E-state index in [9.17, 15) is 14.0 Å². The maximum absolute atomic E-state index is 13.3. The Balaban J connectivity index is 1.34. The summed E-state index contributed by atoms with van der Waals surface area (Å²) in [6.45, 7) is 3.57. The lowest BCUT2D eigenvalue weighted by molar-refractivity contribution is -0.111. The van der Waals surface area contributed by atoms with E-state index in [1.165, 1.54) is 24.4 Å². The number of nitrogens with one attached hydrogen (secondary N) is 4. The molecule has 0 unspecified atom stereocenters. The Kier molecular flexibility index (Phi) is 8.47. The zero-order valence-electron chi connectivity index (χ0n) is 19.9. The summed E-state index contributed by atoms with van der Waals surface area (Å²) >= 11 is 6.34. The van der Waals surface area contributed by atoms with Crippen molar-refractivity contribution in [2.24, 2.45) is 0 Å². The second-order valence-electron chi connectivity index (χ2n) is 7.81. The maximum Gasteiger partial charge on any atom is 0.324 e. The quantitative estimate of drug-likeness (QED) is 0.186. The Bertz CT molecular complexity index is 1480. The third kappa shape index (κ3) is 7.52. The highest BCUT2D eigenvalue weighted by Gasteiger charge is 2.09. The minimum absolute atomic E-state index is 0.164. The molecule has 1 aromatic heterocycles. The van der Waals surface area contributed by atoms with Gasteiger partial charge in [-0.3, -0.25) is 10.1 Å². The number of nitrogens with zero attached hydrogens (tertiary/aromatic N) is 2. The number of urea groups is 1. The van der Waals surface area contributed by atoms with Gasteiger partial charge in [-0.2, -0.15) is 4.98 Å². The Morgan fingerprint density at radius 2 is 1.74 bits per heavy atom. The number of benzene rings is 3. The van der Waals surface area contributed by atoms with Gasteiger partial charge in [-0.1, -0.05) is 36.4 Å². The molecule has 0 bridgehead atoms. The monoisotopic (exact) mass is 532 g/mol. The van der Waals surface area contributed by atoms with E-state index in [4.69, 9.17) is 16.3 Å². The normalized spacial score (nSPS) is 10.3. The van der Waals surface area contributed by atoms with E-state index in [-0.39, 0.29) is 30.1 Å². The molecule has 0 radical (unpaired) electrons. The molecule has 0 aliphatic heterocycles. The molecule has 0 aliphatic rings. The number of ether oxygens (including phenoxy) is 1. The Hall–Kier alpha value is -4.96. The zero-order chi connectivity index (χ0) is 26.9. The fourth-order valence-corrected chi connectivity index (χ4v) is 3.48. The summed E-state index contributed by atoms with van der Waals surface area (Å²) in [5.41, 5.74) is 2.24. The Morgan fingerprint density at radius 1 is 0.947 bits per heavy atom. The van der Waals surface area contributed by atoms with Crippen molar-refractivity contribution >= 4 is 52.4 Å². The topological polar surface area (TPSA) is 117 Å². The molecular formula is C27H22ClFN6O3. The molecule has 4 N–H and O–H groups in total. The lowest BCUT2D eigenvalue weighted by Gasteiger charge is -2.12. The molecule has 0 atom stereocenters. The third-order valence-electron chi connectivity index (χ3n) is 4.94. The van der Waals surface area contributed by atoms with Crippen molar-refractivity contribution in [1.82, 2.24) is 9.97 Å². The van der Waals surface area contributed by atoms with E-state index in [1.54, 1.807) is 54.6 Å². The minimum atomic E-state index is -0.537. The van der Waals surface area contributed by atoms with Crippen molar-refractivity contribution in [2.45, 2.75) is 6.61 Å². The average molecular weight is 533 g/mol. The molecule has 0 saturated carbocycles. The standard InChI is InChI=1S/C27H22ClFN6O3/c1-2-25(36)31-19-7-4-8-20(14-19)33-27(37)35-24-11-12-30-26(34-24)32-21-9-10-23(22(28)15-21)38-16-17-5-3-6-18(29)13-17/h2-15H,1,16H2,(H,31,36)(H3,30,32,33,34,35,37). The van der Waals surface area contributed by atoms with E-state index in [0.29, 0.717) is 33.4 Å². The van der Waals surface area contributed by atoms with E-state index in [2.05, 4.69) is 37.8 Å². The highest BCUT2D eigenvalue weighted by atomic mass is 35.5. The number of rotatable bonds is 9. The van der Waals surface area contributed by atoms with E-state index in [0.717, 1.165) is 6.08 Å². The second-order valence-corrected chi connectivity index (χ2v) is 8.21. The van der Waals surface area contributed by atoms with Crippen molar-refractivity contribution in [3.05, 3.63) is 108 Å². The van der Waals surface area contributed by atoms with Crippen LogP contribution in [0.25, 0.3) is 0 Å². The highest BCUT2D eigenvalue weighted by molar-refractivity contribution is 6.32. The van der Waals surface area contributed by atoms with Gasteiger partial charge in [0.2, 0.25) is 11.9 Å². The first-order chi connectivity index (χ1) is 18.4. The smallest absolute Gasteiger partial charge is 0.324 e. The molecular weight excluding hydrogens is 511 g/mol. The van der Waals surface area contributed by atoms with Gasteiger partial charge in [0.15, 0.2) is 0 Å². The molecule has 4 aromatic rings. The molecule has 0 aliphatic carbocycles. The number of hydrogen-bond acceptors (Lipinski definition) is 6. The van der Waals surface area contributed by atoms with Gasteiger partial charge in [0.25, 0.3) is 0 Å². The Labute approximate surface area is 222 Å². The fourth-order valence-electron chi connectivity index (χ4n) is 3.25. The lowest BCUT2D eigenvalue weighted by atomic mass is 10.2. The number of anilines is 5. The molecule has 3 aromatic carbocycles. The van der Waals surface area contributed by atoms with Gasteiger partial charge in [0.1, 0.15) is 24.0 Å². The van der Waals surface area contributed by atoms with Crippen molar-refractivity contribution in [2.75, 3.05) is 21.3 Å². The van der Waals surface area contributed by atoms with Crippen LogP contribution in [0, 0.1) is 5.82 Å². The molecule has 11 heteroatoms. The molecule has 0 fully saturated rings. The van der Waals surface area contributed by atoms with Gasteiger partial charge >= 0.3 is 6.03 Å². The minimum Gasteiger partial charge on any atom is -0.487 e. The summed E-state index contributed by atoms with van der Waals surface area (Å²) in [6, 6.07) is 18.8. The summed E-state index contributed by atoms with van der Waals surface area (Å²) in [4.78, 5) is 32.4. The predicted octanol–water partition coefficient (Wildman–Crippen LogP) is 6.36. The first-order valence-corrected chi connectivity index (χ1v) is 11.6. The SMILES string of the molecule is C=CC(=O)Nc1cccc(NC(=O)Nc2ccnc(Nc3ccc(OCc4cccc(F)c4)c(Cl)c3)n2)c1. The maximum atomic E-state index is 13.3. The lowest BCUT2D eigenvalue weighted by Crippen LogP contribution is -2.20. The van der Waals surface area contributed by atoms with E-state index in [1.807, 2.05) is 0 Å². The van der Waals surface area contributed by atoms with Crippen LogP contribution in [0.3, 0.4) is 0 Å². The number of carbonyl (C=O) groups is 2. The van der Waals surface area contributed by atoms with E-state index < -0.39 is 6.03 Å². The Morgan fingerprint density at radius 3 is 2.50 bits per heavy atom. The number of hydrogen-bond donors (Lipinski definition) is 4. The molecule has 0 saturated heterocycles. The van der Waals surface area contributed by atoms with Gasteiger partial charge in [-0.15, -0.1) is 0 Å². The summed E-state index contributed by atoms with van der Waals surface area (Å²) in [6.07, 6.45) is 2.63. The predicted molar refractivity (Wildman–Crippen MR) is 145 cm³/mol. The summed E-state index contributed by atoms with van der Waals surface area (Å²) < 4.78 is 19.0. The van der Waals surface area contributed by atoms with Crippen LogP contribution in [0.4, 0.5) is 38.0 Å². The van der Waals surface area contributed by atoms with Crippen molar-refractivity contribution in [3.63, 3.8) is 0 Å². The van der Waals surface area contributed by atoms with Crippen LogP contribution in [-0.2, 0) is 11.4 Å². The first kappa shape index (κ1) is 26.1. The number of carbonyl (C=O) groups excluding carboxylic acids is 2. The van der Waals surface area contributed by atoms with Gasteiger partial charge in [-0.05, 0) is 66.2 Å². The summed E-state index contributed by atoms with van der Waals surface area (Å²) in [5.74, 6) is 0.204. The molecule has 38 heavy (non-hydrogen) atoms. The average Bonchev–Trinajstić information content (AvgIpc) is 2.88. The fraction of sp³-hybridized carbons (Fsp3) is 0.0370. The van der Waals surface area contributed by atoms with Gasteiger partial charge in [0, 0.05) is 23.3 Å². The van der Waals surface area contributed by atoms with Crippen molar-refractivity contribution in [3.8, 4) is 5.75 Å². The number of amides is 3. The number of aromatic nitrogens is 2. The molecule has 3 amide bonds. The molecule has 9 nitrogen and oxygen atoms in total. The highest BCUT2D eigenvalue weighted by Crippen LogP contribution is 2.29.